The summed E-state index contributed by atoms with van der Waals surface area (Å²) in [5, 5.41) is 11.2. The summed E-state index contributed by atoms with van der Waals surface area (Å²) < 4.78 is 0. The number of benzene rings is 1. The quantitative estimate of drug-likeness (QED) is 0.377. The van der Waals surface area contributed by atoms with Gasteiger partial charge in [-0.15, -0.1) is 0 Å². The van der Waals surface area contributed by atoms with Crippen LogP contribution in [-0.4, -0.2) is 87.1 Å². The molecule has 202 valence electrons. The third kappa shape index (κ3) is 6.16. The Morgan fingerprint density at radius 2 is 1.54 bits per heavy atom. The number of amides is 1. The fraction of sp³-hybridized carbons (Fsp3) is 0.400. The molecule has 5 heterocycles. The number of hydrogen-bond acceptors (Lipinski definition) is 7. The largest absolute Gasteiger partial charge is 0.319 e. The van der Waals surface area contributed by atoms with E-state index in [1.807, 2.05) is 42.9 Å². The summed E-state index contributed by atoms with van der Waals surface area (Å²) in [6.07, 6.45) is 11.2. The van der Waals surface area contributed by atoms with E-state index in [2.05, 4.69) is 53.3 Å². The van der Waals surface area contributed by atoms with Gasteiger partial charge in [-0.05, 0) is 73.9 Å². The van der Waals surface area contributed by atoms with Crippen LogP contribution in [0.1, 0.15) is 40.9 Å². The Labute approximate surface area is 229 Å². The van der Waals surface area contributed by atoms with Crippen molar-refractivity contribution in [2.75, 3.05) is 51.6 Å². The van der Waals surface area contributed by atoms with Crippen molar-refractivity contribution >= 4 is 22.5 Å². The van der Waals surface area contributed by atoms with E-state index in [9.17, 15) is 4.79 Å². The van der Waals surface area contributed by atoms with Crippen LogP contribution in [0.2, 0.25) is 0 Å². The Bertz CT molecular complexity index is 1440. The summed E-state index contributed by atoms with van der Waals surface area (Å²) in [5.41, 5.74) is 6.22. The number of likely N-dealkylation sites (tertiary alicyclic amines) is 1. The molecule has 0 aliphatic carbocycles. The van der Waals surface area contributed by atoms with Crippen LogP contribution in [-0.2, 0) is 13.1 Å². The third-order valence-electron chi connectivity index (χ3n) is 7.82. The molecule has 9 nitrogen and oxygen atoms in total. The third-order valence-corrected chi connectivity index (χ3v) is 7.82. The van der Waals surface area contributed by atoms with Crippen LogP contribution in [0.4, 0.5) is 5.69 Å². The number of pyridine rings is 2. The van der Waals surface area contributed by atoms with Crippen LogP contribution in [0, 0.1) is 0 Å². The van der Waals surface area contributed by atoms with Crippen molar-refractivity contribution in [3.8, 4) is 11.1 Å². The summed E-state index contributed by atoms with van der Waals surface area (Å²) >= 11 is 0. The Hall–Kier alpha value is -3.66. The van der Waals surface area contributed by atoms with Gasteiger partial charge in [0.15, 0.2) is 5.69 Å². The molecule has 0 bridgehead atoms. The van der Waals surface area contributed by atoms with Gasteiger partial charge in [-0.3, -0.25) is 29.7 Å². The van der Waals surface area contributed by atoms with Crippen LogP contribution in [0.15, 0.2) is 55.1 Å². The fourth-order valence-corrected chi connectivity index (χ4v) is 5.57. The highest BCUT2D eigenvalue weighted by atomic mass is 16.1. The van der Waals surface area contributed by atoms with E-state index in [1.165, 1.54) is 24.8 Å². The molecule has 2 aliphatic rings. The smallest absolute Gasteiger partial charge is 0.276 e. The fourth-order valence-electron chi connectivity index (χ4n) is 5.57. The molecule has 2 aliphatic heterocycles. The van der Waals surface area contributed by atoms with Crippen molar-refractivity contribution in [1.82, 2.24) is 34.9 Å². The summed E-state index contributed by atoms with van der Waals surface area (Å²) in [7, 11) is 2.17. The number of aromatic nitrogens is 4. The highest BCUT2D eigenvalue weighted by Crippen LogP contribution is 2.27. The van der Waals surface area contributed by atoms with Crippen LogP contribution in [0.5, 0.6) is 0 Å². The van der Waals surface area contributed by atoms with Crippen molar-refractivity contribution in [2.45, 2.75) is 32.4 Å². The number of aromatic amines is 1. The van der Waals surface area contributed by atoms with Gasteiger partial charge in [0, 0.05) is 68.8 Å². The number of rotatable bonds is 7. The first kappa shape index (κ1) is 25.6. The van der Waals surface area contributed by atoms with Gasteiger partial charge >= 0.3 is 0 Å². The van der Waals surface area contributed by atoms with Crippen LogP contribution < -0.4 is 5.32 Å². The number of hydrogen-bond donors (Lipinski definition) is 2. The van der Waals surface area contributed by atoms with Crippen LogP contribution in [0.25, 0.3) is 22.0 Å². The van der Waals surface area contributed by atoms with E-state index in [4.69, 9.17) is 0 Å². The first-order chi connectivity index (χ1) is 19.1. The highest BCUT2D eigenvalue weighted by molar-refractivity contribution is 6.11. The Morgan fingerprint density at radius 1 is 0.821 bits per heavy atom. The lowest BCUT2D eigenvalue weighted by Gasteiger charge is -2.32. The maximum absolute atomic E-state index is 13.3. The molecule has 6 rings (SSSR count). The molecule has 0 atom stereocenters. The second-order valence-corrected chi connectivity index (χ2v) is 10.9. The molecule has 3 aromatic heterocycles. The van der Waals surface area contributed by atoms with E-state index >= 15 is 0 Å². The zero-order valence-electron chi connectivity index (χ0n) is 22.6. The van der Waals surface area contributed by atoms with Crippen molar-refractivity contribution in [2.24, 2.45) is 0 Å². The molecular weight excluding hydrogens is 488 g/mol. The zero-order valence-corrected chi connectivity index (χ0v) is 22.6. The maximum Gasteiger partial charge on any atom is 0.276 e. The van der Waals surface area contributed by atoms with Gasteiger partial charge in [-0.1, -0.05) is 12.5 Å². The molecule has 4 aromatic rings. The number of carbonyl (C=O) groups is 1. The van der Waals surface area contributed by atoms with Gasteiger partial charge in [-0.25, -0.2) is 0 Å². The lowest BCUT2D eigenvalue weighted by Crippen LogP contribution is -2.43. The number of carbonyl (C=O) groups excluding carboxylic acids is 1. The monoisotopic (exact) mass is 524 g/mol. The zero-order chi connectivity index (χ0) is 26.6. The summed E-state index contributed by atoms with van der Waals surface area (Å²) in [6, 6.07) is 10.3. The van der Waals surface area contributed by atoms with Crippen molar-refractivity contribution in [3.63, 3.8) is 0 Å². The molecule has 2 saturated heterocycles. The summed E-state index contributed by atoms with van der Waals surface area (Å²) in [6.45, 7) is 8.29. The second-order valence-electron chi connectivity index (χ2n) is 10.9. The van der Waals surface area contributed by atoms with Crippen molar-refractivity contribution in [1.29, 1.82) is 0 Å². The lowest BCUT2D eigenvalue weighted by atomic mass is 10.0. The molecule has 39 heavy (non-hydrogen) atoms. The molecule has 9 heteroatoms. The number of piperazine rings is 1. The van der Waals surface area contributed by atoms with Gasteiger partial charge in [0.2, 0.25) is 0 Å². The average Bonchev–Trinajstić information content (AvgIpc) is 3.39. The highest BCUT2D eigenvalue weighted by Gasteiger charge is 2.18. The first-order valence-corrected chi connectivity index (χ1v) is 13.9. The number of nitrogens with one attached hydrogen (secondary N) is 2. The second kappa shape index (κ2) is 11.6. The van der Waals surface area contributed by atoms with E-state index in [0.717, 1.165) is 80.0 Å². The minimum absolute atomic E-state index is 0.253. The molecule has 2 N–H and O–H groups in total. The minimum Gasteiger partial charge on any atom is -0.319 e. The van der Waals surface area contributed by atoms with Gasteiger partial charge < -0.3 is 10.2 Å². The number of fused-ring (bicyclic) bond motifs is 1. The molecule has 1 aromatic carbocycles. The molecule has 1 amide bonds. The number of nitrogens with zero attached hydrogens (tertiary/aromatic N) is 6. The Morgan fingerprint density at radius 3 is 2.33 bits per heavy atom. The molecule has 0 saturated carbocycles. The molecule has 0 radical (unpaired) electrons. The number of anilines is 1. The predicted molar refractivity (Wildman–Crippen MR) is 153 cm³/mol. The summed E-state index contributed by atoms with van der Waals surface area (Å²) in [5.74, 6) is -0.253. The number of likely N-dealkylation sites (N-methyl/N-ethyl adjacent to an activating group) is 1. The molecule has 0 unspecified atom stereocenters. The topological polar surface area (TPSA) is 93.3 Å². The molecule has 2 fully saturated rings. The van der Waals surface area contributed by atoms with Gasteiger partial charge in [0.05, 0.1) is 17.4 Å². The van der Waals surface area contributed by atoms with Gasteiger partial charge in [0.1, 0.15) is 0 Å². The average molecular weight is 525 g/mol. The lowest BCUT2D eigenvalue weighted by molar-refractivity contribution is 0.102. The minimum atomic E-state index is -0.253. The van der Waals surface area contributed by atoms with Crippen LogP contribution >= 0.6 is 0 Å². The van der Waals surface area contributed by atoms with Crippen molar-refractivity contribution in [3.05, 3.63) is 71.9 Å². The standard InChI is InChI=1S/C30H36N8O/c1-36-9-11-38(12-10-36)20-22-13-25(18-31-16-22)24-5-6-28-27(15-24)29(35-34-28)30(39)33-26-14-23(17-32-19-26)21-37-7-3-2-4-8-37/h5-6,13-19H,2-4,7-12,20-21H2,1H3,(H,33,39)(H,34,35). The number of H-pyrrole nitrogens is 1. The first-order valence-electron chi connectivity index (χ1n) is 13.9. The summed E-state index contributed by atoms with van der Waals surface area (Å²) in [4.78, 5) is 29.5. The predicted octanol–water partition coefficient (Wildman–Crippen LogP) is 4.01. The normalized spacial score (nSPS) is 17.5. The Kier molecular flexibility index (Phi) is 7.62. The molecular formula is C30H36N8O. The van der Waals surface area contributed by atoms with E-state index in [0.29, 0.717) is 11.4 Å². The Balaban J connectivity index is 1.18. The van der Waals surface area contributed by atoms with E-state index < -0.39 is 0 Å². The van der Waals surface area contributed by atoms with Crippen LogP contribution in [0.3, 0.4) is 0 Å². The SMILES string of the molecule is CN1CCN(Cc2cncc(-c3ccc4[nH]nc(C(=O)Nc5cncc(CN6CCCCC6)c5)c4c3)c2)CC1. The van der Waals surface area contributed by atoms with Gasteiger partial charge in [0.25, 0.3) is 5.91 Å². The maximum atomic E-state index is 13.3. The van der Waals surface area contributed by atoms with E-state index in [1.54, 1.807) is 6.20 Å². The number of piperidine rings is 1. The van der Waals surface area contributed by atoms with Gasteiger partial charge in [-0.2, -0.15) is 5.10 Å². The molecule has 0 spiro atoms. The van der Waals surface area contributed by atoms with Crippen molar-refractivity contribution < 1.29 is 4.79 Å². The van der Waals surface area contributed by atoms with E-state index in [-0.39, 0.29) is 5.91 Å².